The Balaban J connectivity index is 2.20. The Hall–Kier alpha value is -1.98. The van der Waals surface area contributed by atoms with Gasteiger partial charge in [-0.15, -0.1) is 0 Å². The first-order chi connectivity index (χ1) is 10.9. The van der Waals surface area contributed by atoms with Gasteiger partial charge in [0.1, 0.15) is 6.61 Å². The van der Waals surface area contributed by atoms with Gasteiger partial charge in [0.05, 0.1) is 12.0 Å². The highest BCUT2D eigenvalue weighted by Gasteiger charge is 2.39. The number of esters is 1. The third kappa shape index (κ3) is 4.74. The second kappa shape index (κ2) is 7.53. The third-order valence-corrected chi connectivity index (χ3v) is 4.01. The van der Waals surface area contributed by atoms with E-state index in [2.05, 4.69) is 5.32 Å². The molecule has 1 aromatic carbocycles. The van der Waals surface area contributed by atoms with Crippen molar-refractivity contribution in [1.29, 1.82) is 0 Å². The fraction of sp³-hybridized carbons (Fsp3) is 0.529. The van der Waals surface area contributed by atoms with E-state index in [9.17, 15) is 18.4 Å². The summed E-state index contributed by atoms with van der Waals surface area (Å²) in [7, 11) is 0. The maximum atomic E-state index is 13.9. The van der Waals surface area contributed by atoms with Crippen LogP contribution in [0.2, 0.25) is 0 Å². The quantitative estimate of drug-likeness (QED) is 0.807. The van der Waals surface area contributed by atoms with Gasteiger partial charge in [0.15, 0.2) is 0 Å². The largest absolute Gasteiger partial charge is 0.463 e. The van der Waals surface area contributed by atoms with Crippen molar-refractivity contribution in [3.05, 3.63) is 35.9 Å². The highest BCUT2D eigenvalue weighted by atomic mass is 19.3. The van der Waals surface area contributed by atoms with Gasteiger partial charge in [-0.05, 0) is 18.4 Å². The Labute approximate surface area is 134 Å². The highest BCUT2D eigenvalue weighted by molar-refractivity contribution is 5.83. The van der Waals surface area contributed by atoms with Crippen LogP contribution < -0.4 is 5.32 Å². The molecule has 2 atom stereocenters. The molecule has 0 bridgehead atoms. The Morgan fingerprint density at radius 2 is 1.87 bits per heavy atom. The lowest BCUT2D eigenvalue weighted by atomic mass is 10.0. The van der Waals surface area contributed by atoms with Gasteiger partial charge in [-0.3, -0.25) is 9.59 Å². The summed E-state index contributed by atoms with van der Waals surface area (Å²) in [6, 6.07) is 7.87. The lowest BCUT2D eigenvalue weighted by Gasteiger charge is -2.24. The van der Waals surface area contributed by atoms with Crippen LogP contribution in [-0.4, -0.2) is 24.4 Å². The van der Waals surface area contributed by atoms with E-state index in [1.54, 1.807) is 37.3 Å². The summed E-state index contributed by atoms with van der Waals surface area (Å²) >= 11 is 0. The van der Waals surface area contributed by atoms with Crippen molar-refractivity contribution in [1.82, 2.24) is 5.32 Å². The Morgan fingerprint density at radius 3 is 2.57 bits per heavy atom. The number of carbonyl (C=O) groups is 2. The number of rotatable bonds is 1. The molecule has 0 radical (unpaired) electrons. The van der Waals surface area contributed by atoms with Crippen LogP contribution >= 0.6 is 0 Å². The van der Waals surface area contributed by atoms with Gasteiger partial charge < -0.3 is 10.1 Å². The number of ether oxygens (including phenoxy) is 1. The molecule has 1 aliphatic rings. The number of amides is 1. The van der Waals surface area contributed by atoms with Gasteiger partial charge in [-0.1, -0.05) is 43.7 Å². The van der Waals surface area contributed by atoms with Crippen molar-refractivity contribution >= 4 is 11.9 Å². The van der Waals surface area contributed by atoms with E-state index in [4.69, 9.17) is 4.74 Å². The average Bonchev–Trinajstić information content (AvgIpc) is 2.54. The highest BCUT2D eigenvalue weighted by Crippen LogP contribution is 2.26. The van der Waals surface area contributed by atoms with E-state index in [0.717, 1.165) is 0 Å². The number of benzene rings is 1. The molecule has 126 valence electrons. The normalized spacial score (nSPS) is 26.4. The molecule has 2 rings (SSSR count). The minimum Gasteiger partial charge on any atom is -0.463 e. The number of cyclic esters (lactones) is 1. The molecule has 1 N–H and O–H groups in total. The summed E-state index contributed by atoms with van der Waals surface area (Å²) in [6.45, 7) is 1.57. The van der Waals surface area contributed by atoms with Crippen molar-refractivity contribution in [3.8, 4) is 0 Å². The molecule has 1 aromatic rings. The molecular weight excluding hydrogens is 304 g/mol. The first-order valence-electron chi connectivity index (χ1n) is 7.80. The minimum atomic E-state index is -3.42. The lowest BCUT2D eigenvalue weighted by molar-refractivity contribution is -0.153. The molecule has 0 aromatic heterocycles. The molecule has 1 aliphatic heterocycles. The Bertz CT molecular complexity index is 548. The fourth-order valence-corrected chi connectivity index (χ4v) is 2.51. The summed E-state index contributed by atoms with van der Waals surface area (Å²) in [4.78, 5) is 23.8. The summed E-state index contributed by atoms with van der Waals surface area (Å²) < 4.78 is 33.1. The van der Waals surface area contributed by atoms with E-state index >= 15 is 0 Å². The predicted molar refractivity (Wildman–Crippen MR) is 80.9 cm³/mol. The SMILES string of the molecule is C[C@@H]1CCCCC(F)(F)C(=O)N[C@H](c2ccccc2)COC1=O. The molecule has 0 saturated carbocycles. The number of halogens is 2. The molecule has 0 aliphatic carbocycles. The van der Waals surface area contributed by atoms with Crippen molar-refractivity contribution in [2.24, 2.45) is 5.92 Å². The standard InChI is InChI=1S/C17H21F2NO3/c1-12-7-5-6-10-17(18,19)16(22)20-14(11-23-15(12)21)13-8-3-2-4-9-13/h2-4,8-9,12,14H,5-7,10-11H2,1H3,(H,20,22)/t12-,14+/m1/s1. The van der Waals surface area contributed by atoms with Crippen LogP contribution in [-0.2, 0) is 14.3 Å². The summed E-state index contributed by atoms with van der Waals surface area (Å²) in [6.07, 6.45) is 0.615. The van der Waals surface area contributed by atoms with Crippen LogP contribution in [0.3, 0.4) is 0 Å². The zero-order valence-corrected chi connectivity index (χ0v) is 13.1. The van der Waals surface area contributed by atoms with Gasteiger partial charge >= 0.3 is 11.9 Å². The van der Waals surface area contributed by atoms with E-state index in [-0.39, 0.29) is 24.9 Å². The maximum Gasteiger partial charge on any atom is 0.324 e. The van der Waals surface area contributed by atoms with Crippen molar-refractivity contribution < 1.29 is 23.1 Å². The van der Waals surface area contributed by atoms with Gasteiger partial charge in [0, 0.05) is 6.42 Å². The van der Waals surface area contributed by atoms with Crippen LogP contribution in [0, 0.1) is 5.92 Å². The van der Waals surface area contributed by atoms with Crippen LogP contribution in [0.5, 0.6) is 0 Å². The van der Waals surface area contributed by atoms with Gasteiger partial charge in [-0.2, -0.15) is 8.78 Å². The van der Waals surface area contributed by atoms with Crippen molar-refractivity contribution in [2.45, 2.75) is 44.6 Å². The second-order valence-corrected chi connectivity index (χ2v) is 5.92. The summed E-state index contributed by atoms with van der Waals surface area (Å²) in [5.74, 6) is -5.45. The van der Waals surface area contributed by atoms with Gasteiger partial charge in [-0.25, -0.2) is 0 Å². The molecule has 1 amide bonds. The number of hydrogen-bond acceptors (Lipinski definition) is 3. The molecule has 1 fully saturated rings. The van der Waals surface area contributed by atoms with Crippen LogP contribution in [0.1, 0.15) is 44.2 Å². The van der Waals surface area contributed by atoms with Crippen LogP contribution in [0.25, 0.3) is 0 Å². The first kappa shape index (κ1) is 17.4. The molecule has 6 heteroatoms. The monoisotopic (exact) mass is 325 g/mol. The summed E-state index contributed by atoms with van der Waals surface area (Å²) in [5.41, 5.74) is 0.620. The van der Waals surface area contributed by atoms with E-state index < -0.39 is 24.3 Å². The first-order valence-corrected chi connectivity index (χ1v) is 7.80. The molecule has 23 heavy (non-hydrogen) atoms. The van der Waals surface area contributed by atoms with E-state index in [0.29, 0.717) is 18.4 Å². The molecule has 0 spiro atoms. The molecule has 4 nitrogen and oxygen atoms in total. The Kier molecular flexibility index (Phi) is 5.69. The topological polar surface area (TPSA) is 55.4 Å². The van der Waals surface area contributed by atoms with Crippen molar-refractivity contribution in [2.75, 3.05) is 6.61 Å². The van der Waals surface area contributed by atoms with Gasteiger partial charge in [0.2, 0.25) is 0 Å². The minimum absolute atomic E-state index is 0.158. The predicted octanol–water partition coefficient (Wildman–Crippen LogP) is 3.23. The van der Waals surface area contributed by atoms with E-state index in [1.165, 1.54) is 0 Å². The fourth-order valence-electron chi connectivity index (χ4n) is 2.51. The molecular formula is C17H21F2NO3. The Morgan fingerprint density at radius 1 is 1.17 bits per heavy atom. The third-order valence-electron chi connectivity index (χ3n) is 4.01. The second-order valence-electron chi connectivity index (χ2n) is 5.92. The molecule has 1 heterocycles. The smallest absolute Gasteiger partial charge is 0.324 e. The summed E-state index contributed by atoms with van der Waals surface area (Å²) in [5, 5.41) is 2.31. The van der Waals surface area contributed by atoms with E-state index in [1.807, 2.05) is 0 Å². The zero-order chi connectivity index (χ0) is 16.9. The maximum absolute atomic E-state index is 13.9. The average molecular weight is 325 g/mol. The van der Waals surface area contributed by atoms with Crippen molar-refractivity contribution in [3.63, 3.8) is 0 Å². The van der Waals surface area contributed by atoms with Crippen LogP contribution in [0.15, 0.2) is 30.3 Å². The number of hydrogen-bond donors (Lipinski definition) is 1. The van der Waals surface area contributed by atoms with Gasteiger partial charge in [0.25, 0.3) is 5.91 Å². The zero-order valence-electron chi connectivity index (χ0n) is 13.1. The lowest BCUT2D eigenvalue weighted by Crippen LogP contribution is -2.43. The number of carbonyl (C=O) groups excluding carboxylic acids is 2. The molecule has 1 saturated heterocycles. The van der Waals surface area contributed by atoms with Crippen LogP contribution in [0.4, 0.5) is 8.78 Å². The number of nitrogens with one attached hydrogen (secondary N) is 1. The molecule has 0 unspecified atom stereocenters. The number of alkyl halides is 2.